The summed E-state index contributed by atoms with van der Waals surface area (Å²) in [7, 11) is 0. The molecule has 3 aromatic rings. The summed E-state index contributed by atoms with van der Waals surface area (Å²) in [6.07, 6.45) is 0.856. The van der Waals surface area contributed by atoms with Crippen LogP contribution in [0.4, 0.5) is 0 Å². The smallest absolute Gasteiger partial charge is 0.181 e. The minimum absolute atomic E-state index is 0.779. The van der Waals surface area contributed by atoms with Crippen molar-refractivity contribution in [3.05, 3.63) is 66.5 Å². The molecule has 0 aliphatic rings. The highest BCUT2D eigenvalue weighted by Gasteiger charge is 2.10. The number of hydrogen-bond acceptors (Lipinski definition) is 2. The molecule has 1 heterocycles. The van der Waals surface area contributed by atoms with E-state index in [4.69, 9.17) is 0 Å². The van der Waals surface area contributed by atoms with E-state index in [0.717, 1.165) is 29.3 Å². The summed E-state index contributed by atoms with van der Waals surface area (Å²) in [6, 6.07) is 20.2. The Kier molecular flexibility index (Phi) is 3.11. The lowest BCUT2D eigenvalue weighted by atomic mass is 10.2. The van der Waals surface area contributed by atoms with Gasteiger partial charge in [-0.15, -0.1) is 5.10 Å². The van der Waals surface area contributed by atoms with Gasteiger partial charge in [0.25, 0.3) is 0 Å². The zero-order valence-corrected chi connectivity index (χ0v) is 10.8. The Morgan fingerprint density at radius 2 is 1.53 bits per heavy atom. The first-order valence-corrected chi connectivity index (χ1v) is 6.45. The molecule has 3 rings (SSSR count). The molecule has 3 nitrogen and oxygen atoms in total. The van der Waals surface area contributed by atoms with Gasteiger partial charge in [-0.3, -0.25) is 0 Å². The minimum atomic E-state index is 0.779. The van der Waals surface area contributed by atoms with E-state index in [9.17, 15) is 0 Å². The Bertz CT molecular complexity index is 657. The van der Waals surface area contributed by atoms with Crippen LogP contribution < -0.4 is 0 Å². The molecule has 0 aliphatic heterocycles. The SMILES string of the molecule is CCc1nc(-c2ccccc2)nn1-c1ccccc1. The fraction of sp³-hybridized carbons (Fsp3) is 0.125. The fourth-order valence-corrected chi connectivity index (χ4v) is 2.06. The molecule has 0 fully saturated rings. The highest BCUT2D eigenvalue weighted by atomic mass is 15.3. The van der Waals surface area contributed by atoms with E-state index in [1.165, 1.54) is 0 Å². The van der Waals surface area contributed by atoms with Gasteiger partial charge in [0.05, 0.1) is 5.69 Å². The van der Waals surface area contributed by atoms with Crippen molar-refractivity contribution in [1.82, 2.24) is 14.8 Å². The van der Waals surface area contributed by atoms with Crippen molar-refractivity contribution in [2.24, 2.45) is 0 Å². The van der Waals surface area contributed by atoms with Crippen LogP contribution in [0.2, 0.25) is 0 Å². The van der Waals surface area contributed by atoms with Crippen molar-refractivity contribution in [3.8, 4) is 17.1 Å². The topological polar surface area (TPSA) is 30.7 Å². The molecule has 0 unspecified atom stereocenters. The lowest BCUT2D eigenvalue weighted by molar-refractivity contribution is 0.802. The molecule has 0 saturated carbocycles. The number of aromatic nitrogens is 3. The molecular weight excluding hydrogens is 234 g/mol. The Morgan fingerprint density at radius 3 is 2.16 bits per heavy atom. The Balaban J connectivity index is 2.09. The van der Waals surface area contributed by atoms with Crippen molar-refractivity contribution in [2.75, 3.05) is 0 Å². The highest BCUT2D eigenvalue weighted by molar-refractivity contribution is 5.54. The van der Waals surface area contributed by atoms with Crippen molar-refractivity contribution < 1.29 is 0 Å². The monoisotopic (exact) mass is 249 g/mol. The van der Waals surface area contributed by atoms with Crippen LogP contribution in [0.5, 0.6) is 0 Å². The Labute approximate surface area is 112 Å². The van der Waals surface area contributed by atoms with Gasteiger partial charge < -0.3 is 0 Å². The van der Waals surface area contributed by atoms with Crippen LogP contribution in [0.15, 0.2) is 60.7 Å². The first kappa shape index (κ1) is 11.7. The molecule has 0 N–H and O–H groups in total. The summed E-state index contributed by atoms with van der Waals surface area (Å²) >= 11 is 0. The van der Waals surface area contributed by atoms with Gasteiger partial charge in [-0.2, -0.15) is 0 Å². The van der Waals surface area contributed by atoms with Gasteiger partial charge in [0.15, 0.2) is 5.82 Å². The van der Waals surface area contributed by atoms with Crippen LogP contribution in [-0.4, -0.2) is 14.8 Å². The van der Waals surface area contributed by atoms with Crippen molar-refractivity contribution >= 4 is 0 Å². The summed E-state index contributed by atoms with van der Waals surface area (Å²) in [6.45, 7) is 2.10. The molecule has 0 radical (unpaired) electrons. The second kappa shape index (κ2) is 5.06. The summed E-state index contributed by atoms with van der Waals surface area (Å²) in [5.41, 5.74) is 2.10. The molecule has 1 aromatic heterocycles. The number of aryl methyl sites for hydroxylation is 1. The highest BCUT2D eigenvalue weighted by Crippen LogP contribution is 2.18. The quantitative estimate of drug-likeness (QED) is 0.711. The van der Waals surface area contributed by atoms with Crippen LogP contribution in [0.3, 0.4) is 0 Å². The number of rotatable bonds is 3. The van der Waals surface area contributed by atoms with Crippen molar-refractivity contribution in [1.29, 1.82) is 0 Å². The molecule has 0 aliphatic carbocycles. The van der Waals surface area contributed by atoms with E-state index >= 15 is 0 Å². The van der Waals surface area contributed by atoms with E-state index < -0.39 is 0 Å². The standard InChI is InChI=1S/C16H15N3/c1-2-15-17-16(13-9-5-3-6-10-13)18-19(15)14-11-7-4-8-12-14/h3-12H,2H2,1H3. The predicted octanol–water partition coefficient (Wildman–Crippen LogP) is 3.50. The third-order valence-corrected chi connectivity index (χ3v) is 3.02. The molecule has 2 aromatic carbocycles. The molecule has 0 atom stereocenters. The van der Waals surface area contributed by atoms with E-state index in [2.05, 4.69) is 17.0 Å². The van der Waals surface area contributed by atoms with Gasteiger partial charge >= 0.3 is 0 Å². The summed E-state index contributed by atoms with van der Waals surface area (Å²) in [4.78, 5) is 4.63. The number of para-hydroxylation sites is 1. The summed E-state index contributed by atoms with van der Waals surface area (Å²) in [5.74, 6) is 1.76. The van der Waals surface area contributed by atoms with Crippen molar-refractivity contribution in [2.45, 2.75) is 13.3 Å². The van der Waals surface area contributed by atoms with E-state index in [0.29, 0.717) is 0 Å². The van der Waals surface area contributed by atoms with Crippen molar-refractivity contribution in [3.63, 3.8) is 0 Å². The molecule has 0 spiro atoms. The summed E-state index contributed by atoms with van der Waals surface area (Å²) in [5, 5.41) is 4.63. The second-order valence-corrected chi connectivity index (χ2v) is 4.32. The van der Waals surface area contributed by atoms with Gasteiger partial charge in [0, 0.05) is 12.0 Å². The number of nitrogens with zero attached hydrogens (tertiary/aromatic N) is 3. The molecule has 0 saturated heterocycles. The zero-order valence-electron chi connectivity index (χ0n) is 10.8. The molecular formula is C16H15N3. The Morgan fingerprint density at radius 1 is 0.895 bits per heavy atom. The third kappa shape index (κ3) is 2.27. The van der Waals surface area contributed by atoms with Crippen LogP contribution in [0.1, 0.15) is 12.7 Å². The average molecular weight is 249 g/mol. The number of hydrogen-bond donors (Lipinski definition) is 0. The van der Waals surface area contributed by atoms with Gasteiger partial charge in [-0.1, -0.05) is 55.5 Å². The molecule has 19 heavy (non-hydrogen) atoms. The Hall–Kier alpha value is -2.42. The maximum absolute atomic E-state index is 4.63. The van der Waals surface area contributed by atoms with Gasteiger partial charge in [0.1, 0.15) is 5.82 Å². The molecule has 94 valence electrons. The van der Waals surface area contributed by atoms with Crippen LogP contribution in [0.25, 0.3) is 17.1 Å². The van der Waals surface area contributed by atoms with Gasteiger partial charge in [-0.05, 0) is 12.1 Å². The second-order valence-electron chi connectivity index (χ2n) is 4.32. The van der Waals surface area contributed by atoms with Crippen LogP contribution in [0, 0.1) is 0 Å². The molecule has 0 bridgehead atoms. The minimum Gasteiger partial charge on any atom is -0.217 e. The van der Waals surface area contributed by atoms with E-state index in [-0.39, 0.29) is 0 Å². The maximum Gasteiger partial charge on any atom is 0.181 e. The third-order valence-electron chi connectivity index (χ3n) is 3.02. The van der Waals surface area contributed by atoms with Gasteiger partial charge in [-0.25, -0.2) is 9.67 Å². The summed E-state index contributed by atoms with van der Waals surface area (Å²) < 4.78 is 1.92. The van der Waals surface area contributed by atoms with E-state index in [1.807, 2.05) is 65.3 Å². The maximum atomic E-state index is 4.63. The lowest BCUT2D eigenvalue weighted by Crippen LogP contribution is -2.01. The fourth-order valence-electron chi connectivity index (χ4n) is 2.06. The lowest BCUT2D eigenvalue weighted by Gasteiger charge is -2.02. The van der Waals surface area contributed by atoms with E-state index in [1.54, 1.807) is 0 Å². The van der Waals surface area contributed by atoms with Crippen LogP contribution >= 0.6 is 0 Å². The normalized spacial score (nSPS) is 10.6. The van der Waals surface area contributed by atoms with Gasteiger partial charge in [0.2, 0.25) is 0 Å². The average Bonchev–Trinajstić information content (AvgIpc) is 2.93. The predicted molar refractivity (Wildman–Crippen MR) is 76.2 cm³/mol. The molecule has 3 heteroatoms. The largest absolute Gasteiger partial charge is 0.217 e. The number of benzene rings is 2. The van der Waals surface area contributed by atoms with Crippen LogP contribution in [-0.2, 0) is 6.42 Å². The zero-order chi connectivity index (χ0) is 13.1. The first-order chi connectivity index (χ1) is 9.38. The first-order valence-electron chi connectivity index (χ1n) is 6.45. The molecule has 0 amide bonds.